The average molecular weight is 579 g/mol. The molecule has 3 aliphatic rings. The number of benzene rings is 2. The van der Waals surface area contributed by atoms with Gasteiger partial charge in [-0.2, -0.15) is 0 Å². The second kappa shape index (κ2) is 9.42. The molecule has 2 aromatic carbocycles. The fourth-order valence-corrected chi connectivity index (χ4v) is 9.69. The highest BCUT2D eigenvalue weighted by Crippen LogP contribution is 2.67. The molecule has 5 rings (SSSR count). The number of nitrogens with one attached hydrogen (secondary N) is 2. The maximum absolute atomic E-state index is 13.8. The lowest BCUT2D eigenvalue weighted by atomic mass is 9.70. The third-order valence-electron chi connectivity index (χ3n) is 7.19. The third kappa shape index (κ3) is 3.97. The van der Waals surface area contributed by atoms with Gasteiger partial charge < -0.3 is 20.6 Å². The number of halogens is 2. The van der Waals surface area contributed by atoms with E-state index in [-0.39, 0.29) is 41.0 Å². The zero-order chi connectivity index (χ0) is 24.9. The van der Waals surface area contributed by atoms with Crippen LogP contribution in [0.3, 0.4) is 0 Å². The summed E-state index contributed by atoms with van der Waals surface area (Å²) in [6, 6.07) is 13.6. The summed E-state index contributed by atoms with van der Waals surface area (Å²) in [6.45, 7) is 1.58. The number of hydrogen-bond donors (Lipinski definition) is 3. The van der Waals surface area contributed by atoms with Gasteiger partial charge in [0.25, 0.3) is 0 Å². The number of fused-ring (bicyclic) bond motifs is 1. The predicted octanol–water partition coefficient (Wildman–Crippen LogP) is 3.68. The SMILES string of the molecule is Cc1cccc(Cl)c1NC(=O)C1N(CCO)C(=O)[C@@H]2[C@H](C(=O)Nc3ccccc3)[C@H]3SC12CC3Br. The lowest BCUT2D eigenvalue weighted by Gasteiger charge is -2.35. The van der Waals surface area contributed by atoms with Crippen LogP contribution in [0.15, 0.2) is 48.5 Å². The Kier molecular flexibility index (Phi) is 6.63. The van der Waals surface area contributed by atoms with E-state index in [4.69, 9.17) is 11.6 Å². The Morgan fingerprint density at radius 3 is 2.60 bits per heavy atom. The molecule has 10 heteroatoms. The number of carbonyl (C=O) groups is 3. The molecule has 6 atom stereocenters. The first-order chi connectivity index (χ1) is 16.8. The zero-order valence-corrected chi connectivity index (χ0v) is 22.1. The molecule has 2 aromatic rings. The van der Waals surface area contributed by atoms with Gasteiger partial charge in [0.2, 0.25) is 17.7 Å². The average Bonchev–Trinajstić information content (AvgIpc) is 3.41. The monoisotopic (exact) mass is 577 g/mol. The summed E-state index contributed by atoms with van der Waals surface area (Å²) in [5.74, 6) is -2.12. The number of aliphatic hydroxyl groups excluding tert-OH is 1. The normalized spacial score (nSPS) is 30.9. The van der Waals surface area contributed by atoms with Crippen molar-refractivity contribution in [3.05, 3.63) is 59.1 Å². The third-order valence-corrected chi connectivity index (χ3v) is 10.7. The van der Waals surface area contributed by atoms with Crippen molar-refractivity contribution in [3.63, 3.8) is 0 Å². The van der Waals surface area contributed by atoms with Gasteiger partial charge in [-0.3, -0.25) is 14.4 Å². The van der Waals surface area contributed by atoms with E-state index in [1.807, 2.05) is 31.2 Å². The summed E-state index contributed by atoms with van der Waals surface area (Å²) < 4.78 is -0.789. The number of β-amino-alcohol motifs (C(OH)–C–C–N with tert-alkyl or cyclic N) is 1. The summed E-state index contributed by atoms with van der Waals surface area (Å²) in [5, 5.41) is 15.9. The van der Waals surface area contributed by atoms with E-state index in [9.17, 15) is 19.5 Å². The van der Waals surface area contributed by atoms with E-state index < -0.39 is 22.6 Å². The molecule has 0 saturated carbocycles. The smallest absolute Gasteiger partial charge is 0.248 e. The van der Waals surface area contributed by atoms with Gasteiger partial charge in [0.15, 0.2) is 0 Å². The van der Waals surface area contributed by atoms with Crippen molar-refractivity contribution < 1.29 is 19.5 Å². The van der Waals surface area contributed by atoms with Crippen molar-refractivity contribution in [1.29, 1.82) is 0 Å². The van der Waals surface area contributed by atoms with Gasteiger partial charge in [0.1, 0.15) is 6.04 Å². The van der Waals surface area contributed by atoms with E-state index in [0.29, 0.717) is 22.8 Å². The van der Waals surface area contributed by atoms with Crippen molar-refractivity contribution in [2.45, 2.75) is 34.2 Å². The number of aryl methyl sites for hydroxylation is 1. The van der Waals surface area contributed by atoms with Crippen molar-refractivity contribution in [3.8, 4) is 0 Å². The summed E-state index contributed by atoms with van der Waals surface area (Å²) >= 11 is 11.6. The first kappa shape index (κ1) is 24.6. The minimum absolute atomic E-state index is 0.0158. The number of hydrogen-bond acceptors (Lipinski definition) is 5. The van der Waals surface area contributed by atoms with Crippen LogP contribution in [0, 0.1) is 18.8 Å². The molecule has 184 valence electrons. The van der Waals surface area contributed by atoms with E-state index >= 15 is 0 Å². The lowest BCUT2D eigenvalue weighted by Crippen LogP contribution is -2.53. The topological polar surface area (TPSA) is 98.7 Å². The second-order valence-corrected chi connectivity index (χ2v) is 12.3. The molecule has 0 radical (unpaired) electrons. The van der Waals surface area contributed by atoms with Crippen LogP contribution in [0.5, 0.6) is 0 Å². The Morgan fingerprint density at radius 1 is 1.17 bits per heavy atom. The Hall–Kier alpha value is -2.07. The van der Waals surface area contributed by atoms with E-state index in [1.54, 1.807) is 36.0 Å². The lowest BCUT2D eigenvalue weighted by molar-refractivity contribution is -0.138. The van der Waals surface area contributed by atoms with E-state index in [0.717, 1.165) is 5.56 Å². The molecule has 35 heavy (non-hydrogen) atoms. The van der Waals surface area contributed by atoms with Gasteiger partial charge in [0.05, 0.1) is 33.9 Å². The number of rotatable bonds is 6. The van der Waals surface area contributed by atoms with Crippen molar-refractivity contribution in [2.75, 3.05) is 23.8 Å². The van der Waals surface area contributed by atoms with Crippen LogP contribution in [0.25, 0.3) is 0 Å². The summed E-state index contributed by atoms with van der Waals surface area (Å²) in [4.78, 5) is 42.4. The molecular weight excluding hydrogens is 554 g/mol. The molecule has 1 spiro atoms. The van der Waals surface area contributed by atoms with Gasteiger partial charge in [-0.25, -0.2) is 0 Å². The van der Waals surface area contributed by atoms with Gasteiger partial charge in [-0.1, -0.05) is 57.9 Å². The first-order valence-electron chi connectivity index (χ1n) is 11.4. The molecule has 3 aliphatic heterocycles. The summed E-state index contributed by atoms with van der Waals surface area (Å²) in [6.07, 6.45) is 0.565. The molecule has 7 nitrogen and oxygen atoms in total. The molecule has 3 fully saturated rings. The summed E-state index contributed by atoms with van der Waals surface area (Å²) in [5.41, 5.74) is 1.97. The van der Waals surface area contributed by atoms with Crippen LogP contribution in [0.1, 0.15) is 12.0 Å². The standard InChI is InChI=1S/C25H25BrClN3O4S/c1-13-6-5-9-16(27)19(13)29-23(33)21-25-12-15(26)20(35-25)17(18(25)24(34)30(21)10-11-31)22(32)28-14-7-3-2-4-8-14/h2-9,15,17-18,20-21,31H,10-12H2,1H3,(H,28,32)(H,29,33)/t15?,17-,18-,20-,21?,25?/m0/s1. The van der Waals surface area contributed by atoms with Crippen molar-refractivity contribution in [2.24, 2.45) is 11.8 Å². The first-order valence-corrected chi connectivity index (χ1v) is 13.6. The van der Waals surface area contributed by atoms with Crippen LogP contribution in [0.2, 0.25) is 5.02 Å². The minimum atomic E-state index is -0.840. The molecule has 0 aromatic heterocycles. The number of nitrogens with zero attached hydrogens (tertiary/aromatic N) is 1. The fourth-order valence-electron chi connectivity index (χ4n) is 5.81. The van der Waals surface area contributed by atoms with Crippen LogP contribution in [-0.2, 0) is 14.4 Å². The minimum Gasteiger partial charge on any atom is -0.395 e. The van der Waals surface area contributed by atoms with Gasteiger partial charge in [-0.05, 0) is 37.1 Å². The Labute approximate surface area is 221 Å². The van der Waals surface area contributed by atoms with Crippen molar-refractivity contribution >= 4 is 68.4 Å². The number of anilines is 2. The number of thioether (sulfide) groups is 1. The Balaban J connectivity index is 1.50. The number of likely N-dealkylation sites (tertiary alicyclic amines) is 1. The number of amides is 3. The zero-order valence-electron chi connectivity index (χ0n) is 18.9. The number of alkyl halides is 1. The number of aliphatic hydroxyl groups is 1. The fraction of sp³-hybridized carbons (Fsp3) is 0.400. The molecule has 3 heterocycles. The highest BCUT2D eigenvalue weighted by atomic mass is 79.9. The van der Waals surface area contributed by atoms with Crippen LogP contribution >= 0.6 is 39.3 Å². The van der Waals surface area contributed by atoms with Crippen molar-refractivity contribution in [1.82, 2.24) is 4.90 Å². The largest absolute Gasteiger partial charge is 0.395 e. The van der Waals surface area contributed by atoms with Gasteiger partial charge in [-0.15, -0.1) is 11.8 Å². The Bertz CT molecular complexity index is 1160. The number of para-hydroxylation sites is 2. The van der Waals surface area contributed by atoms with Gasteiger partial charge >= 0.3 is 0 Å². The molecule has 0 aliphatic carbocycles. The maximum Gasteiger partial charge on any atom is 0.248 e. The van der Waals surface area contributed by atoms with E-state index in [1.165, 1.54) is 4.90 Å². The molecule has 3 unspecified atom stereocenters. The van der Waals surface area contributed by atoms with Crippen LogP contribution in [-0.4, -0.2) is 61.7 Å². The summed E-state index contributed by atoms with van der Waals surface area (Å²) in [7, 11) is 0. The van der Waals surface area contributed by atoms with Gasteiger partial charge in [0, 0.05) is 22.3 Å². The van der Waals surface area contributed by atoms with Crippen LogP contribution < -0.4 is 10.6 Å². The van der Waals surface area contributed by atoms with E-state index in [2.05, 4.69) is 26.6 Å². The Morgan fingerprint density at radius 2 is 1.91 bits per heavy atom. The number of carbonyl (C=O) groups excluding carboxylic acids is 3. The quantitative estimate of drug-likeness (QED) is 0.454. The molecule has 3 saturated heterocycles. The highest BCUT2D eigenvalue weighted by molar-refractivity contribution is 9.09. The van der Waals surface area contributed by atoms with Crippen LogP contribution in [0.4, 0.5) is 11.4 Å². The molecule has 3 N–H and O–H groups in total. The second-order valence-electron chi connectivity index (χ2n) is 9.20. The molecule has 3 amide bonds. The molecule has 2 bridgehead atoms. The maximum atomic E-state index is 13.8. The molecular formula is C25H25BrClN3O4S. The predicted molar refractivity (Wildman–Crippen MR) is 141 cm³/mol. The highest BCUT2D eigenvalue weighted by Gasteiger charge is 2.75.